The van der Waals surface area contributed by atoms with Crippen LogP contribution in [0.1, 0.15) is 15.9 Å². The molecule has 0 saturated carbocycles. The SMILES string of the molecule is CNc1cc(C(=O)Nc2cc(-c3ccccc3OC)ncn2)ccc1C. The molecule has 0 fully saturated rings. The molecule has 0 saturated heterocycles. The van der Waals surface area contributed by atoms with E-state index in [1.54, 1.807) is 19.2 Å². The van der Waals surface area contributed by atoms with E-state index < -0.39 is 0 Å². The van der Waals surface area contributed by atoms with E-state index in [1.165, 1.54) is 6.33 Å². The van der Waals surface area contributed by atoms with Gasteiger partial charge in [0.25, 0.3) is 5.91 Å². The Hall–Kier alpha value is -3.41. The third-order valence-corrected chi connectivity index (χ3v) is 4.06. The molecule has 0 atom stereocenters. The number of aryl methyl sites for hydroxylation is 1. The molecule has 3 aromatic rings. The predicted octanol–water partition coefficient (Wildman–Crippen LogP) is 3.75. The van der Waals surface area contributed by atoms with Gasteiger partial charge in [-0.05, 0) is 36.8 Å². The van der Waals surface area contributed by atoms with Crippen molar-refractivity contribution in [2.45, 2.75) is 6.92 Å². The van der Waals surface area contributed by atoms with Crippen LogP contribution in [-0.4, -0.2) is 30.0 Å². The van der Waals surface area contributed by atoms with Crippen LogP contribution in [-0.2, 0) is 0 Å². The first-order valence-corrected chi connectivity index (χ1v) is 8.17. The Morgan fingerprint density at radius 1 is 1.08 bits per heavy atom. The van der Waals surface area contributed by atoms with Gasteiger partial charge in [0, 0.05) is 29.9 Å². The molecular weight excluding hydrogens is 328 g/mol. The molecule has 132 valence electrons. The van der Waals surface area contributed by atoms with Crippen LogP contribution in [0, 0.1) is 6.92 Å². The molecule has 1 aromatic heterocycles. The number of nitrogens with zero attached hydrogens (tertiary/aromatic N) is 2. The molecule has 3 rings (SSSR count). The van der Waals surface area contributed by atoms with Crippen molar-refractivity contribution in [3.63, 3.8) is 0 Å². The molecule has 6 nitrogen and oxygen atoms in total. The van der Waals surface area contributed by atoms with Crippen molar-refractivity contribution in [1.82, 2.24) is 9.97 Å². The zero-order valence-corrected chi connectivity index (χ0v) is 14.9. The number of benzene rings is 2. The molecule has 2 aromatic carbocycles. The van der Waals surface area contributed by atoms with Gasteiger partial charge in [0.2, 0.25) is 0 Å². The van der Waals surface area contributed by atoms with Gasteiger partial charge in [-0.15, -0.1) is 0 Å². The quantitative estimate of drug-likeness (QED) is 0.734. The molecule has 1 amide bonds. The van der Waals surface area contributed by atoms with Gasteiger partial charge in [0.15, 0.2) is 0 Å². The van der Waals surface area contributed by atoms with Crippen LogP contribution in [0.5, 0.6) is 5.75 Å². The Morgan fingerprint density at radius 3 is 2.65 bits per heavy atom. The monoisotopic (exact) mass is 348 g/mol. The number of para-hydroxylation sites is 1. The Morgan fingerprint density at radius 2 is 1.88 bits per heavy atom. The zero-order chi connectivity index (χ0) is 18.5. The average molecular weight is 348 g/mol. The van der Waals surface area contributed by atoms with E-state index in [9.17, 15) is 4.79 Å². The van der Waals surface area contributed by atoms with Gasteiger partial charge in [-0.1, -0.05) is 18.2 Å². The lowest BCUT2D eigenvalue weighted by Crippen LogP contribution is -2.13. The maximum Gasteiger partial charge on any atom is 0.256 e. The second-order valence-corrected chi connectivity index (χ2v) is 5.72. The van der Waals surface area contributed by atoms with Crippen molar-refractivity contribution in [3.8, 4) is 17.0 Å². The van der Waals surface area contributed by atoms with E-state index in [4.69, 9.17) is 4.74 Å². The average Bonchev–Trinajstić information content (AvgIpc) is 2.68. The molecule has 0 bridgehead atoms. The molecule has 0 unspecified atom stereocenters. The molecule has 2 N–H and O–H groups in total. The van der Waals surface area contributed by atoms with E-state index in [1.807, 2.05) is 50.4 Å². The Labute approximate surface area is 152 Å². The van der Waals surface area contributed by atoms with Crippen molar-refractivity contribution < 1.29 is 9.53 Å². The number of amides is 1. The fourth-order valence-electron chi connectivity index (χ4n) is 2.65. The Bertz CT molecular complexity index is 941. The summed E-state index contributed by atoms with van der Waals surface area (Å²) in [6.45, 7) is 1.98. The standard InChI is InChI=1S/C20H20N4O2/c1-13-8-9-14(10-16(13)21-2)20(25)24-19-11-17(22-12-23-19)15-6-4-5-7-18(15)26-3/h4-12,21H,1-3H3,(H,22,23,24,25). The summed E-state index contributed by atoms with van der Waals surface area (Å²) >= 11 is 0. The number of hydrogen-bond acceptors (Lipinski definition) is 5. The van der Waals surface area contributed by atoms with Gasteiger partial charge < -0.3 is 15.4 Å². The highest BCUT2D eigenvalue weighted by atomic mass is 16.5. The number of hydrogen-bond donors (Lipinski definition) is 2. The van der Waals surface area contributed by atoms with E-state index in [2.05, 4.69) is 20.6 Å². The summed E-state index contributed by atoms with van der Waals surface area (Å²) in [5.41, 5.74) is 4.05. The number of anilines is 2. The van der Waals surface area contributed by atoms with Crippen molar-refractivity contribution in [1.29, 1.82) is 0 Å². The first kappa shape index (κ1) is 17.4. The van der Waals surface area contributed by atoms with Crippen LogP contribution in [0.15, 0.2) is 54.9 Å². The second kappa shape index (κ2) is 7.65. The van der Waals surface area contributed by atoms with Crippen LogP contribution >= 0.6 is 0 Å². The summed E-state index contributed by atoms with van der Waals surface area (Å²) in [5.74, 6) is 0.907. The van der Waals surface area contributed by atoms with Gasteiger partial charge >= 0.3 is 0 Å². The van der Waals surface area contributed by atoms with Crippen LogP contribution in [0.25, 0.3) is 11.3 Å². The zero-order valence-electron chi connectivity index (χ0n) is 14.9. The minimum Gasteiger partial charge on any atom is -0.496 e. The molecule has 0 spiro atoms. The van der Waals surface area contributed by atoms with Gasteiger partial charge in [-0.25, -0.2) is 9.97 Å². The number of ether oxygens (including phenoxy) is 1. The summed E-state index contributed by atoms with van der Waals surface area (Å²) in [7, 11) is 3.44. The molecule has 0 radical (unpaired) electrons. The van der Waals surface area contributed by atoms with Crippen LogP contribution < -0.4 is 15.4 Å². The molecule has 0 aliphatic heterocycles. The van der Waals surface area contributed by atoms with E-state index in [0.29, 0.717) is 22.8 Å². The first-order valence-electron chi connectivity index (χ1n) is 8.17. The van der Waals surface area contributed by atoms with Crippen LogP contribution in [0.4, 0.5) is 11.5 Å². The van der Waals surface area contributed by atoms with Gasteiger partial charge in [0.05, 0.1) is 12.8 Å². The number of methoxy groups -OCH3 is 1. The highest BCUT2D eigenvalue weighted by Gasteiger charge is 2.11. The molecule has 0 aliphatic rings. The molecule has 26 heavy (non-hydrogen) atoms. The summed E-state index contributed by atoms with van der Waals surface area (Å²) < 4.78 is 5.37. The lowest BCUT2D eigenvalue weighted by molar-refractivity contribution is 0.102. The molecule has 1 heterocycles. The lowest BCUT2D eigenvalue weighted by Gasteiger charge is -2.10. The molecular formula is C20H20N4O2. The van der Waals surface area contributed by atoms with Crippen molar-refractivity contribution in [3.05, 3.63) is 66.0 Å². The summed E-state index contributed by atoms with van der Waals surface area (Å²) in [4.78, 5) is 21.0. The van der Waals surface area contributed by atoms with Crippen LogP contribution in [0.2, 0.25) is 0 Å². The summed E-state index contributed by atoms with van der Waals surface area (Å²) in [6.07, 6.45) is 1.42. The minimum atomic E-state index is -0.230. The van der Waals surface area contributed by atoms with Crippen molar-refractivity contribution >= 4 is 17.4 Å². The van der Waals surface area contributed by atoms with E-state index in [-0.39, 0.29) is 5.91 Å². The smallest absolute Gasteiger partial charge is 0.256 e. The number of nitrogens with one attached hydrogen (secondary N) is 2. The van der Waals surface area contributed by atoms with E-state index in [0.717, 1.165) is 16.8 Å². The van der Waals surface area contributed by atoms with Gasteiger partial charge in [0.1, 0.15) is 17.9 Å². The number of carbonyl (C=O) groups excluding carboxylic acids is 1. The first-order chi connectivity index (χ1) is 12.6. The lowest BCUT2D eigenvalue weighted by atomic mass is 10.1. The van der Waals surface area contributed by atoms with Crippen molar-refractivity contribution in [2.24, 2.45) is 0 Å². The number of rotatable bonds is 5. The maximum absolute atomic E-state index is 12.5. The molecule has 6 heteroatoms. The van der Waals surface area contributed by atoms with Gasteiger partial charge in [-0.3, -0.25) is 4.79 Å². The Balaban J connectivity index is 1.86. The maximum atomic E-state index is 12.5. The minimum absolute atomic E-state index is 0.230. The molecule has 0 aliphatic carbocycles. The van der Waals surface area contributed by atoms with Crippen molar-refractivity contribution in [2.75, 3.05) is 24.8 Å². The topological polar surface area (TPSA) is 76.1 Å². The largest absolute Gasteiger partial charge is 0.496 e. The second-order valence-electron chi connectivity index (χ2n) is 5.72. The normalized spacial score (nSPS) is 10.3. The van der Waals surface area contributed by atoms with Crippen LogP contribution in [0.3, 0.4) is 0 Å². The number of carbonyl (C=O) groups is 1. The summed E-state index contributed by atoms with van der Waals surface area (Å²) in [6, 6.07) is 14.8. The summed E-state index contributed by atoms with van der Waals surface area (Å²) in [5, 5.41) is 5.90. The highest BCUT2D eigenvalue weighted by molar-refractivity contribution is 6.04. The fraction of sp³-hybridized carbons (Fsp3) is 0.150. The fourth-order valence-corrected chi connectivity index (χ4v) is 2.65. The highest BCUT2D eigenvalue weighted by Crippen LogP contribution is 2.28. The Kier molecular flexibility index (Phi) is 5.12. The predicted molar refractivity (Wildman–Crippen MR) is 103 cm³/mol. The van der Waals surface area contributed by atoms with E-state index >= 15 is 0 Å². The van der Waals surface area contributed by atoms with Gasteiger partial charge in [-0.2, -0.15) is 0 Å². The number of aromatic nitrogens is 2. The third-order valence-electron chi connectivity index (χ3n) is 4.06. The third kappa shape index (κ3) is 3.64.